The van der Waals surface area contributed by atoms with Crippen LogP contribution in [0.2, 0.25) is 0 Å². The third-order valence-corrected chi connectivity index (χ3v) is 6.34. The highest BCUT2D eigenvalue weighted by Crippen LogP contribution is 2.31. The van der Waals surface area contributed by atoms with Gasteiger partial charge in [0.25, 0.3) is 0 Å². The van der Waals surface area contributed by atoms with E-state index in [1.807, 2.05) is 18.2 Å². The van der Waals surface area contributed by atoms with Crippen LogP contribution >= 0.6 is 0 Å². The van der Waals surface area contributed by atoms with Crippen molar-refractivity contribution < 1.29 is 4.79 Å². The lowest BCUT2D eigenvalue weighted by atomic mass is 9.89. The Bertz CT molecular complexity index is 1200. The molecule has 1 unspecified atom stereocenters. The summed E-state index contributed by atoms with van der Waals surface area (Å²) in [5.74, 6) is 0.472. The van der Waals surface area contributed by atoms with Crippen LogP contribution in [-0.2, 0) is 4.79 Å². The van der Waals surface area contributed by atoms with Crippen LogP contribution in [0.1, 0.15) is 70.4 Å². The predicted molar refractivity (Wildman–Crippen MR) is 142 cm³/mol. The summed E-state index contributed by atoms with van der Waals surface area (Å²) in [5, 5.41) is 10.9. The van der Waals surface area contributed by atoms with E-state index in [2.05, 4.69) is 65.6 Å². The molecule has 0 bridgehead atoms. The van der Waals surface area contributed by atoms with Gasteiger partial charge in [0.05, 0.1) is 24.5 Å². The highest BCUT2D eigenvalue weighted by atomic mass is 16.1. The highest BCUT2D eigenvalue weighted by molar-refractivity contribution is 6.08. The van der Waals surface area contributed by atoms with Crippen LogP contribution in [0.4, 0.5) is 5.82 Å². The Morgan fingerprint density at radius 2 is 1.97 bits per heavy atom. The largest absolute Gasteiger partial charge is 0.310 e. The Morgan fingerprint density at radius 3 is 2.74 bits per heavy atom. The summed E-state index contributed by atoms with van der Waals surface area (Å²) in [6.45, 7) is 6.40. The van der Waals surface area contributed by atoms with E-state index in [0.717, 1.165) is 53.7 Å². The fraction of sp³-hybridized carbons (Fsp3) is 0.345. The maximum atomic E-state index is 12.8. The number of pyridine rings is 1. The maximum Gasteiger partial charge on any atom is 0.229 e. The van der Waals surface area contributed by atoms with Gasteiger partial charge in [0.2, 0.25) is 5.91 Å². The maximum absolute atomic E-state index is 12.8. The van der Waals surface area contributed by atoms with Crippen molar-refractivity contribution in [2.75, 3.05) is 5.32 Å². The van der Waals surface area contributed by atoms with Gasteiger partial charge < -0.3 is 5.32 Å². The molecule has 6 nitrogen and oxygen atoms in total. The standard InChI is InChI=1S/C29H33N5O/c1-20-8-7-10-23(16-21(2)29(20)25-14-15-31-32-19-25)17-28(35)34-27-13-12-24(18-30-27)26-11-6-4-5-9-22(3)33-26/h6,10-16,18-19,22H,4-5,7-9,17H2,1-3H3,(H,30,34,35)/b11-6-,21-16?,23-10?,29-20?,33-26?. The fourth-order valence-corrected chi connectivity index (χ4v) is 4.61. The molecule has 180 valence electrons. The van der Waals surface area contributed by atoms with Crippen LogP contribution in [0.15, 0.2) is 82.8 Å². The zero-order valence-electron chi connectivity index (χ0n) is 20.8. The molecular weight excluding hydrogens is 434 g/mol. The minimum absolute atomic E-state index is 0.0780. The SMILES string of the molecule is CC1=CC(CC(=O)Nc2ccc(C3=NC(C)CCC/C=C\3)cn2)=CCCC(C)=C1c1ccnnc1. The number of aromatic nitrogens is 3. The topological polar surface area (TPSA) is 80.1 Å². The first-order valence-corrected chi connectivity index (χ1v) is 12.3. The summed E-state index contributed by atoms with van der Waals surface area (Å²) < 4.78 is 0. The molecule has 0 aromatic carbocycles. The lowest BCUT2D eigenvalue weighted by Crippen LogP contribution is -2.14. The Labute approximate surface area is 207 Å². The van der Waals surface area contributed by atoms with Gasteiger partial charge in [-0.3, -0.25) is 9.79 Å². The molecule has 35 heavy (non-hydrogen) atoms. The molecule has 1 amide bonds. The van der Waals surface area contributed by atoms with E-state index < -0.39 is 0 Å². The van der Waals surface area contributed by atoms with E-state index in [9.17, 15) is 4.79 Å². The molecule has 1 atom stereocenters. The average Bonchev–Trinajstić information content (AvgIpc) is 2.82. The van der Waals surface area contributed by atoms with Crippen molar-refractivity contribution in [3.63, 3.8) is 0 Å². The summed E-state index contributed by atoms with van der Waals surface area (Å²) in [6, 6.07) is 6.11. The molecule has 2 aromatic heterocycles. The number of nitrogens with one attached hydrogen (secondary N) is 1. The van der Waals surface area contributed by atoms with E-state index in [1.54, 1.807) is 18.6 Å². The molecule has 2 aliphatic rings. The van der Waals surface area contributed by atoms with Gasteiger partial charge in [-0.1, -0.05) is 23.8 Å². The third kappa shape index (κ3) is 6.69. The molecule has 1 aliphatic carbocycles. The van der Waals surface area contributed by atoms with E-state index in [4.69, 9.17) is 4.99 Å². The number of rotatable bonds is 5. The van der Waals surface area contributed by atoms with Gasteiger partial charge in [0.15, 0.2) is 0 Å². The Morgan fingerprint density at radius 1 is 1.09 bits per heavy atom. The molecule has 0 saturated heterocycles. The van der Waals surface area contributed by atoms with Crippen molar-refractivity contribution in [2.45, 2.75) is 65.3 Å². The van der Waals surface area contributed by atoms with E-state index in [0.29, 0.717) is 18.3 Å². The molecule has 4 rings (SSSR count). The number of hydrogen-bond donors (Lipinski definition) is 1. The first-order valence-electron chi connectivity index (χ1n) is 12.3. The third-order valence-electron chi connectivity index (χ3n) is 6.34. The summed E-state index contributed by atoms with van der Waals surface area (Å²) >= 11 is 0. The van der Waals surface area contributed by atoms with Crippen LogP contribution in [-0.4, -0.2) is 32.8 Å². The second-order valence-electron chi connectivity index (χ2n) is 9.29. The van der Waals surface area contributed by atoms with E-state index >= 15 is 0 Å². The van der Waals surface area contributed by atoms with Gasteiger partial charge in [-0.15, -0.1) is 0 Å². The van der Waals surface area contributed by atoms with Gasteiger partial charge in [0.1, 0.15) is 5.82 Å². The second kappa shape index (κ2) is 11.6. The summed E-state index contributed by atoms with van der Waals surface area (Å²) in [7, 11) is 0. The Balaban J connectivity index is 1.43. The predicted octanol–water partition coefficient (Wildman–Crippen LogP) is 6.26. The van der Waals surface area contributed by atoms with Gasteiger partial charge in [-0.25, -0.2) is 4.98 Å². The molecule has 6 heteroatoms. The zero-order valence-corrected chi connectivity index (χ0v) is 20.8. The summed E-state index contributed by atoms with van der Waals surface area (Å²) in [4.78, 5) is 22.1. The molecule has 0 saturated carbocycles. The van der Waals surface area contributed by atoms with Crippen molar-refractivity contribution >= 4 is 23.0 Å². The van der Waals surface area contributed by atoms with Crippen molar-refractivity contribution in [3.05, 3.63) is 88.9 Å². The Hall–Kier alpha value is -3.67. The number of carbonyl (C=O) groups is 1. The lowest BCUT2D eigenvalue weighted by Gasteiger charge is -2.17. The van der Waals surface area contributed by atoms with Crippen LogP contribution < -0.4 is 5.32 Å². The molecule has 1 N–H and O–H groups in total. The first-order chi connectivity index (χ1) is 17.0. The minimum Gasteiger partial charge on any atom is -0.310 e. The molecule has 0 fully saturated rings. The number of anilines is 1. The highest BCUT2D eigenvalue weighted by Gasteiger charge is 2.14. The number of amides is 1. The molecule has 1 aliphatic heterocycles. The second-order valence-corrected chi connectivity index (χ2v) is 9.29. The summed E-state index contributed by atoms with van der Waals surface area (Å²) in [6.07, 6.45) is 19.3. The van der Waals surface area contributed by atoms with Crippen LogP contribution in [0, 0.1) is 0 Å². The quantitative estimate of drug-likeness (QED) is 0.563. The number of allylic oxidation sites excluding steroid dienone is 7. The molecule has 0 radical (unpaired) electrons. The smallest absolute Gasteiger partial charge is 0.229 e. The first kappa shape index (κ1) is 24.5. The van der Waals surface area contributed by atoms with Crippen molar-refractivity contribution in [2.24, 2.45) is 4.99 Å². The fourth-order valence-electron chi connectivity index (χ4n) is 4.61. The van der Waals surface area contributed by atoms with Gasteiger partial charge in [-0.2, -0.15) is 10.2 Å². The molecule has 0 spiro atoms. The van der Waals surface area contributed by atoms with Crippen molar-refractivity contribution in [3.8, 4) is 0 Å². The number of nitrogens with zero attached hydrogens (tertiary/aromatic N) is 4. The zero-order chi connectivity index (χ0) is 24.6. The number of hydrogen-bond acceptors (Lipinski definition) is 5. The average molecular weight is 468 g/mol. The van der Waals surface area contributed by atoms with Crippen LogP contribution in [0.25, 0.3) is 5.57 Å². The van der Waals surface area contributed by atoms with Crippen molar-refractivity contribution in [1.29, 1.82) is 0 Å². The number of carbonyl (C=O) groups excluding carboxylic acids is 1. The van der Waals surface area contributed by atoms with Gasteiger partial charge in [0, 0.05) is 23.4 Å². The lowest BCUT2D eigenvalue weighted by molar-refractivity contribution is -0.115. The minimum atomic E-state index is -0.0780. The van der Waals surface area contributed by atoms with E-state index in [1.165, 1.54) is 17.6 Å². The monoisotopic (exact) mass is 467 g/mol. The van der Waals surface area contributed by atoms with Gasteiger partial charge in [-0.05, 0) is 93.9 Å². The number of aliphatic imine (C=N–C) groups is 1. The Kier molecular flexibility index (Phi) is 8.14. The normalized spacial score (nSPS) is 19.9. The van der Waals surface area contributed by atoms with Crippen molar-refractivity contribution in [1.82, 2.24) is 15.2 Å². The van der Waals surface area contributed by atoms with Crippen LogP contribution in [0.5, 0.6) is 0 Å². The van der Waals surface area contributed by atoms with Gasteiger partial charge >= 0.3 is 0 Å². The summed E-state index contributed by atoms with van der Waals surface area (Å²) in [5.41, 5.74) is 7.60. The molecular formula is C29H33N5O. The molecule has 3 heterocycles. The van der Waals surface area contributed by atoms with Crippen LogP contribution in [0.3, 0.4) is 0 Å². The molecule has 2 aromatic rings. The van der Waals surface area contributed by atoms with E-state index in [-0.39, 0.29) is 5.91 Å².